The van der Waals surface area contributed by atoms with Crippen LogP contribution in [0.4, 0.5) is 0 Å². The summed E-state index contributed by atoms with van der Waals surface area (Å²) in [6.07, 6.45) is 12.1. The number of carbonyl (C=O) groups excluding carboxylic acids is 1. The molecule has 2 aliphatic rings. The van der Waals surface area contributed by atoms with Crippen LogP contribution in [-0.4, -0.2) is 23.2 Å². The molecule has 1 saturated carbocycles. The van der Waals surface area contributed by atoms with Crippen molar-refractivity contribution in [2.24, 2.45) is 5.92 Å². The van der Waals surface area contributed by atoms with Gasteiger partial charge in [0.15, 0.2) is 0 Å². The van der Waals surface area contributed by atoms with Crippen molar-refractivity contribution in [3.8, 4) is 0 Å². The van der Waals surface area contributed by atoms with Gasteiger partial charge in [0.25, 0.3) is 0 Å². The number of aliphatic hydroxyl groups is 1. The van der Waals surface area contributed by atoms with Gasteiger partial charge in [0, 0.05) is 13.0 Å². The number of allylic oxidation sites excluding steroid dienone is 2. The van der Waals surface area contributed by atoms with Crippen molar-refractivity contribution >= 4 is 5.91 Å². The third kappa shape index (κ3) is 3.84. The lowest BCUT2D eigenvalue weighted by Gasteiger charge is -2.32. The second kappa shape index (κ2) is 5.67. The molecule has 0 radical (unpaired) electrons. The fourth-order valence-electron chi connectivity index (χ4n) is 2.83. The molecule has 0 saturated heterocycles. The molecule has 0 heterocycles. The van der Waals surface area contributed by atoms with Gasteiger partial charge in [0.1, 0.15) is 0 Å². The zero-order chi connectivity index (χ0) is 12.1. The Hall–Kier alpha value is -0.830. The van der Waals surface area contributed by atoms with Crippen molar-refractivity contribution in [1.82, 2.24) is 5.32 Å². The van der Waals surface area contributed by atoms with Gasteiger partial charge in [-0.1, -0.05) is 31.4 Å². The predicted molar refractivity (Wildman–Crippen MR) is 67.5 cm³/mol. The Balaban J connectivity index is 1.69. The maximum absolute atomic E-state index is 11.7. The maximum atomic E-state index is 11.7. The van der Waals surface area contributed by atoms with Crippen molar-refractivity contribution in [1.29, 1.82) is 0 Å². The molecule has 0 aromatic heterocycles. The SMILES string of the molecule is O=C(CC1C=CCC1)NCC1(O)CCCCC1. The van der Waals surface area contributed by atoms with Gasteiger partial charge in [-0.2, -0.15) is 0 Å². The van der Waals surface area contributed by atoms with Gasteiger partial charge in [0.05, 0.1) is 5.60 Å². The van der Waals surface area contributed by atoms with Crippen molar-refractivity contribution in [3.63, 3.8) is 0 Å². The zero-order valence-electron chi connectivity index (χ0n) is 10.5. The molecule has 2 N–H and O–H groups in total. The lowest BCUT2D eigenvalue weighted by molar-refractivity contribution is -0.123. The predicted octanol–water partition coefficient (Wildman–Crippen LogP) is 2.15. The van der Waals surface area contributed by atoms with E-state index in [9.17, 15) is 9.90 Å². The van der Waals surface area contributed by atoms with Crippen molar-refractivity contribution in [2.45, 2.75) is 57.0 Å². The Morgan fingerprint density at radius 2 is 2.12 bits per heavy atom. The number of hydrogen-bond donors (Lipinski definition) is 2. The molecule has 3 heteroatoms. The molecule has 0 aromatic rings. The van der Waals surface area contributed by atoms with Crippen LogP contribution in [0.5, 0.6) is 0 Å². The van der Waals surface area contributed by atoms with Crippen molar-refractivity contribution in [2.75, 3.05) is 6.54 Å². The average molecular weight is 237 g/mol. The molecule has 1 amide bonds. The van der Waals surface area contributed by atoms with Crippen molar-refractivity contribution < 1.29 is 9.90 Å². The summed E-state index contributed by atoms with van der Waals surface area (Å²) in [5, 5.41) is 13.1. The van der Waals surface area contributed by atoms with E-state index in [2.05, 4.69) is 17.5 Å². The Kier molecular flexibility index (Phi) is 4.21. The first-order valence-electron chi connectivity index (χ1n) is 6.84. The molecule has 0 aliphatic heterocycles. The molecule has 2 rings (SSSR count). The van der Waals surface area contributed by atoms with Gasteiger partial charge >= 0.3 is 0 Å². The van der Waals surface area contributed by atoms with Crippen LogP contribution in [0.25, 0.3) is 0 Å². The molecular weight excluding hydrogens is 214 g/mol. The van der Waals surface area contributed by atoms with E-state index in [1.54, 1.807) is 0 Å². The third-order valence-electron chi connectivity index (χ3n) is 3.96. The van der Waals surface area contributed by atoms with E-state index in [0.717, 1.165) is 38.5 Å². The standard InChI is InChI=1S/C14H23NO2/c16-13(10-12-6-2-3-7-12)15-11-14(17)8-4-1-5-9-14/h2,6,12,17H,1,3-5,7-11H2,(H,15,16). The summed E-state index contributed by atoms with van der Waals surface area (Å²) >= 11 is 0. The van der Waals surface area contributed by atoms with E-state index >= 15 is 0 Å². The van der Waals surface area contributed by atoms with E-state index in [4.69, 9.17) is 0 Å². The van der Waals surface area contributed by atoms with Gasteiger partial charge in [-0.25, -0.2) is 0 Å². The molecule has 0 aromatic carbocycles. The summed E-state index contributed by atoms with van der Waals surface area (Å²) < 4.78 is 0. The molecular formula is C14H23NO2. The number of amides is 1. The largest absolute Gasteiger partial charge is 0.388 e. The first-order chi connectivity index (χ1) is 8.18. The summed E-state index contributed by atoms with van der Waals surface area (Å²) in [4.78, 5) is 11.7. The van der Waals surface area contributed by atoms with Gasteiger partial charge in [-0.15, -0.1) is 0 Å². The molecule has 0 bridgehead atoms. The summed E-state index contributed by atoms with van der Waals surface area (Å²) in [7, 11) is 0. The monoisotopic (exact) mass is 237 g/mol. The Labute approximate surface area is 103 Å². The Bertz CT molecular complexity index is 293. The summed E-state index contributed by atoms with van der Waals surface area (Å²) in [6, 6.07) is 0. The highest BCUT2D eigenvalue weighted by atomic mass is 16.3. The van der Waals surface area contributed by atoms with Crippen LogP contribution in [0.1, 0.15) is 51.4 Å². The Morgan fingerprint density at radius 1 is 1.35 bits per heavy atom. The van der Waals surface area contributed by atoms with Crippen LogP contribution < -0.4 is 5.32 Å². The van der Waals surface area contributed by atoms with Gasteiger partial charge < -0.3 is 10.4 Å². The first-order valence-corrected chi connectivity index (χ1v) is 6.84. The minimum absolute atomic E-state index is 0.0838. The molecule has 0 spiro atoms. The van der Waals surface area contributed by atoms with E-state index < -0.39 is 5.60 Å². The summed E-state index contributed by atoms with van der Waals surface area (Å²) in [5.74, 6) is 0.497. The summed E-state index contributed by atoms with van der Waals surface area (Å²) in [5.41, 5.74) is -0.639. The van der Waals surface area contributed by atoms with Crippen LogP contribution in [0.15, 0.2) is 12.2 Å². The highest BCUT2D eigenvalue weighted by Gasteiger charge is 2.29. The van der Waals surface area contributed by atoms with Crippen LogP contribution in [0.3, 0.4) is 0 Å². The zero-order valence-corrected chi connectivity index (χ0v) is 10.5. The lowest BCUT2D eigenvalue weighted by Crippen LogP contribution is -2.44. The molecule has 1 unspecified atom stereocenters. The van der Waals surface area contributed by atoms with Gasteiger partial charge in [0.2, 0.25) is 5.91 Å². The molecule has 1 fully saturated rings. The second-order valence-electron chi connectivity index (χ2n) is 5.53. The lowest BCUT2D eigenvalue weighted by atomic mass is 9.85. The van der Waals surface area contributed by atoms with Crippen LogP contribution in [-0.2, 0) is 4.79 Å². The van der Waals surface area contributed by atoms with Crippen molar-refractivity contribution in [3.05, 3.63) is 12.2 Å². The number of hydrogen-bond acceptors (Lipinski definition) is 2. The third-order valence-corrected chi connectivity index (χ3v) is 3.96. The summed E-state index contributed by atoms with van der Waals surface area (Å²) in [6.45, 7) is 0.433. The number of carbonyl (C=O) groups is 1. The van der Waals surface area contributed by atoms with Gasteiger partial charge in [-0.3, -0.25) is 4.79 Å². The second-order valence-corrected chi connectivity index (χ2v) is 5.53. The minimum Gasteiger partial charge on any atom is -0.388 e. The van der Waals surface area contributed by atoms with E-state index in [0.29, 0.717) is 18.9 Å². The molecule has 1 atom stereocenters. The minimum atomic E-state index is -0.639. The van der Waals surface area contributed by atoms with E-state index in [1.165, 1.54) is 6.42 Å². The number of rotatable bonds is 4. The molecule has 3 nitrogen and oxygen atoms in total. The fraction of sp³-hybridized carbons (Fsp3) is 0.786. The van der Waals surface area contributed by atoms with E-state index in [-0.39, 0.29) is 5.91 Å². The highest BCUT2D eigenvalue weighted by molar-refractivity contribution is 5.76. The number of nitrogens with one attached hydrogen (secondary N) is 1. The molecule has 2 aliphatic carbocycles. The average Bonchev–Trinajstić information content (AvgIpc) is 2.80. The first kappa shape index (κ1) is 12.6. The van der Waals surface area contributed by atoms with Gasteiger partial charge in [-0.05, 0) is 31.6 Å². The smallest absolute Gasteiger partial charge is 0.220 e. The molecule has 96 valence electrons. The van der Waals surface area contributed by atoms with Crippen LogP contribution >= 0.6 is 0 Å². The quantitative estimate of drug-likeness (QED) is 0.736. The normalized spacial score (nSPS) is 27.0. The van der Waals surface area contributed by atoms with E-state index in [1.807, 2.05) is 0 Å². The highest BCUT2D eigenvalue weighted by Crippen LogP contribution is 2.27. The maximum Gasteiger partial charge on any atom is 0.220 e. The van der Waals surface area contributed by atoms with Crippen LogP contribution in [0, 0.1) is 5.92 Å². The fourth-order valence-corrected chi connectivity index (χ4v) is 2.83. The topological polar surface area (TPSA) is 49.3 Å². The molecule has 17 heavy (non-hydrogen) atoms. The van der Waals surface area contributed by atoms with Crippen LogP contribution in [0.2, 0.25) is 0 Å². The Morgan fingerprint density at radius 3 is 2.76 bits per heavy atom.